The van der Waals surface area contributed by atoms with E-state index in [2.05, 4.69) is 4.98 Å². The van der Waals surface area contributed by atoms with E-state index in [0.717, 1.165) is 24.1 Å². The predicted molar refractivity (Wildman–Crippen MR) is 154 cm³/mol. The van der Waals surface area contributed by atoms with E-state index in [1.54, 1.807) is 20.2 Å². The first-order valence-corrected chi connectivity index (χ1v) is 14.3. The summed E-state index contributed by atoms with van der Waals surface area (Å²) in [6.45, 7) is 1.16. The third-order valence-electron chi connectivity index (χ3n) is 7.24. The second-order valence-corrected chi connectivity index (χ2v) is 11.9. The first kappa shape index (κ1) is 32.1. The molecular weight excluding hydrogens is 602 g/mol. The van der Waals surface area contributed by atoms with Crippen LogP contribution in [0.15, 0.2) is 47.4 Å². The first-order chi connectivity index (χ1) is 19.8. The van der Waals surface area contributed by atoms with Crippen molar-refractivity contribution in [2.45, 2.75) is 37.4 Å². The van der Waals surface area contributed by atoms with Gasteiger partial charge in [0, 0.05) is 31.3 Å². The van der Waals surface area contributed by atoms with Crippen LogP contribution in [0.5, 0.6) is 5.75 Å². The predicted octanol–water partition coefficient (Wildman–Crippen LogP) is 7.76. The van der Waals surface area contributed by atoms with E-state index in [0.29, 0.717) is 23.3 Å². The highest BCUT2D eigenvalue weighted by molar-refractivity contribution is 8.00. The lowest BCUT2D eigenvalue weighted by atomic mass is 9.86. The van der Waals surface area contributed by atoms with Crippen LogP contribution in [0.4, 0.5) is 37.8 Å². The van der Waals surface area contributed by atoms with Crippen molar-refractivity contribution in [3.8, 4) is 5.75 Å². The van der Waals surface area contributed by atoms with E-state index in [4.69, 9.17) is 16.3 Å². The lowest BCUT2D eigenvalue weighted by Crippen LogP contribution is -2.47. The molecule has 0 amide bonds. The Balaban J connectivity index is 1.69. The van der Waals surface area contributed by atoms with Crippen molar-refractivity contribution < 1.29 is 31.1 Å². The Hall–Kier alpha value is -2.83. The second kappa shape index (κ2) is 12.8. The van der Waals surface area contributed by atoms with Crippen molar-refractivity contribution in [3.63, 3.8) is 0 Å². The van der Waals surface area contributed by atoms with Gasteiger partial charge in [0.25, 0.3) is 0 Å². The molecule has 1 aromatic heterocycles. The second-order valence-electron chi connectivity index (χ2n) is 10.5. The Labute approximate surface area is 250 Å². The van der Waals surface area contributed by atoms with Gasteiger partial charge in [0.15, 0.2) is 5.82 Å². The van der Waals surface area contributed by atoms with Gasteiger partial charge in [0.2, 0.25) is 5.95 Å². The number of ether oxygens (including phenoxy) is 1. The van der Waals surface area contributed by atoms with Gasteiger partial charge in [0.1, 0.15) is 27.3 Å². The summed E-state index contributed by atoms with van der Waals surface area (Å²) in [6, 6.07) is 10.5. The van der Waals surface area contributed by atoms with Gasteiger partial charge >= 0.3 is 6.18 Å². The fraction of sp³-hybridized carbons (Fsp3) is 0.414. The van der Waals surface area contributed by atoms with Crippen LogP contribution in [0.1, 0.15) is 24.5 Å². The topological polar surface area (TPSA) is 31.8 Å². The molecule has 0 radical (unpaired) electrons. The summed E-state index contributed by atoms with van der Waals surface area (Å²) >= 11 is 6.97. The normalized spacial score (nSPS) is 17.3. The maximum atomic E-state index is 15.8. The summed E-state index contributed by atoms with van der Waals surface area (Å²) in [5, 5.41) is -0.501. The summed E-state index contributed by atoms with van der Waals surface area (Å²) < 4.78 is 94.7. The SMILES string of the molecule is CCc1ccc(CN(Sc2c(F)cc(N3CCC(CN(C)C)(C(F)(F)F)C3)c(Cl)c2F)c2cccc(F)n2)c(OC)c1. The lowest BCUT2D eigenvalue weighted by Gasteiger charge is -2.34. The number of aryl methyl sites for hydroxylation is 1. The van der Waals surface area contributed by atoms with E-state index in [-0.39, 0.29) is 37.6 Å². The van der Waals surface area contributed by atoms with Gasteiger partial charge < -0.3 is 14.5 Å². The molecule has 0 saturated carbocycles. The van der Waals surface area contributed by atoms with Gasteiger partial charge in [-0.25, -0.2) is 13.8 Å². The van der Waals surface area contributed by atoms with E-state index < -0.39 is 45.6 Å². The van der Waals surface area contributed by atoms with Gasteiger partial charge in [-0.2, -0.15) is 17.6 Å². The van der Waals surface area contributed by atoms with Crippen LogP contribution < -0.4 is 13.9 Å². The fourth-order valence-corrected chi connectivity index (χ4v) is 6.39. The molecule has 1 saturated heterocycles. The maximum Gasteiger partial charge on any atom is 0.397 e. The smallest absolute Gasteiger partial charge is 0.397 e. The molecular formula is C29H31ClF6N4OS. The zero-order valence-corrected chi connectivity index (χ0v) is 25.1. The molecule has 2 heterocycles. The minimum absolute atomic E-state index is 0.0251. The summed E-state index contributed by atoms with van der Waals surface area (Å²) in [6.07, 6.45) is -4.01. The number of hydrogen-bond acceptors (Lipinski definition) is 6. The number of rotatable bonds is 10. The molecule has 5 nitrogen and oxygen atoms in total. The third kappa shape index (κ3) is 6.70. The molecule has 1 aliphatic heterocycles. The molecule has 1 aliphatic rings. The molecule has 0 aliphatic carbocycles. The highest BCUT2D eigenvalue weighted by Gasteiger charge is 2.58. The van der Waals surface area contributed by atoms with Crippen molar-refractivity contribution in [3.05, 3.63) is 76.2 Å². The van der Waals surface area contributed by atoms with Crippen molar-refractivity contribution in [2.24, 2.45) is 5.41 Å². The highest BCUT2D eigenvalue weighted by atomic mass is 35.5. The highest BCUT2D eigenvalue weighted by Crippen LogP contribution is 2.49. The van der Waals surface area contributed by atoms with Crippen LogP contribution in [0, 0.1) is 23.0 Å². The third-order valence-corrected chi connectivity index (χ3v) is 8.70. The Bertz CT molecular complexity index is 1430. The molecule has 0 spiro atoms. The van der Waals surface area contributed by atoms with E-state index >= 15 is 8.78 Å². The number of methoxy groups -OCH3 is 1. The summed E-state index contributed by atoms with van der Waals surface area (Å²) in [5.41, 5.74) is -0.571. The number of aromatic nitrogens is 1. The van der Waals surface area contributed by atoms with Crippen LogP contribution >= 0.6 is 23.5 Å². The molecule has 13 heteroatoms. The van der Waals surface area contributed by atoms with Crippen LogP contribution in [-0.4, -0.2) is 56.9 Å². The Morgan fingerprint density at radius 1 is 1.12 bits per heavy atom. The van der Waals surface area contributed by atoms with Crippen molar-refractivity contribution >= 4 is 35.1 Å². The van der Waals surface area contributed by atoms with Gasteiger partial charge in [-0.3, -0.25) is 4.31 Å². The summed E-state index contributed by atoms with van der Waals surface area (Å²) in [4.78, 5) is 6.09. The Morgan fingerprint density at radius 3 is 2.48 bits per heavy atom. The number of halogens is 7. The van der Waals surface area contributed by atoms with Crippen LogP contribution in [0.25, 0.3) is 0 Å². The number of nitrogens with zero attached hydrogens (tertiary/aromatic N) is 4. The number of pyridine rings is 1. The molecule has 1 fully saturated rings. The average Bonchev–Trinajstić information content (AvgIpc) is 3.37. The quantitative estimate of drug-likeness (QED) is 0.0983. The molecule has 0 bridgehead atoms. The number of hydrogen-bond donors (Lipinski definition) is 0. The largest absolute Gasteiger partial charge is 0.496 e. The van der Waals surface area contributed by atoms with Gasteiger partial charge in [-0.1, -0.05) is 36.7 Å². The number of benzene rings is 2. The van der Waals surface area contributed by atoms with E-state index in [9.17, 15) is 17.6 Å². The molecule has 0 N–H and O–H groups in total. The lowest BCUT2D eigenvalue weighted by molar-refractivity contribution is -0.220. The maximum absolute atomic E-state index is 15.8. The number of anilines is 2. The minimum atomic E-state index is -4.53. The standard InChI is InChI=1S/C29H31ClF6N4OS/c1-5-18-9-10-19(22(13-18)41-4)15-40(24-8-6-7-23(32)37-24)42-27-20(31)14-21(25(30)26(27)33)39-12-11-28(17-39,16-38(2)3)29(34,35)36/h6-10,13-14H,5,11-12,15-17H2,1-4H3. The number of alkyl halides is 3. The Kier molecular flexibility index (Phi) is 9.79. The van der Waals surface area contributed by atoms with Crippen LogP contribution in [0.2, 0.25) is 5.02 Å². The van der Waals surface area contributed by atoms with Gasteiger partial charge in [-0.15, -0.1) is 0 Å². The first-order valence-electron chi connectivity index (χ1n) is 13.2. The van der Waals surface area contributed by atoms with E-state index in [1.807, 2.05) is 19.1 Å². The zero-order chi connectivity index (χ0) is 30.8. The molecule has 2 aromatic carbocycles. The van der Waals surface area contributed by atoms with E-state index in [1.165, 1.54) is 33.3 Å². The van der Waals surface area contributed by atoms with Crippen molar-refractivity contribution in [1.29, 1.82) is 0 Å². The Morgan fingerprint density at radius 2 is 1.86 bits per heavy atom. The molecule has 228 valence electrons. The van der Waals surface area contributed by atoms with Gasteiger partial charge in [0.05, 0.1) is 24.8 Å². The zero-order valence-electron chi connectivity index (χ0n) is 23.5. The van der Waals surface area contributed by atoms with Crippen LogP contribution in [0.3, 0.4) is 0 Å². The summed E-state index contributed by atoms with van der Waals surface area (Å²) in [5.74, 6) is -2.34. The molecule has 4 rings (SSSR count). The average molecular weight is 633 g/mol. The molecule has 42 heavy (non-hydrogen) atoms. The summed E-state index contributed by atoms with van der Waals surface area (Å²) in [7, 11) is 4.58. The molecule has 1 atom stereocenters. The van der Waals surface area contributed by atoms with Gasteiger partial charge in [-0.05, 0) is 62.6 Å². The van der Waals surface area contributed by atoms with Crippen molar-refractivity contribution in [1.82, 2.24) is 9.88 Å². The monoisotopic (exact) mass is 632 g/mol. The molecule has 3 aromatic rings. The van der Waals surface area contributed by atoms with Crippen LogP contribution in [-0.2, 0) is 13.0 Å². The van der Waals surface area contributed by atoms with Crippen molar-refractivity contribution in [2.75, 3.05) is 50.0 Å². The molecule has 1 unspecified atom stereocenters. The fourth-order valence-electron chi connectivity index (χ4n) is 5.11. The minimum Gasteiger partial charge on any atom is -0.496 e.